The number of carbonyl (C=O) groups is 1. The smallest absolute Gasteiger partial charge is 0.227 e. The molecular weight excluding hydrogens is 234 g/mol. The molecular formula is C14H16ClNO. The van der Waals surface area contributed by atoms with E-state index in [0.29, 0.717) is 5.02 Å². The molecule has 2 rings (SSSR count). The minimum atomic E-state index is 0.107. The zero-order chi connectivity index (χ0) is 12.3. The topological polar surface area (TPSA) is 29.1 Å². The summed E-state index contributed by atoms with van der Waals surface area (Å²) in [5.41, 5.74) is 1.85. The molecule has 0 aliphatic heterocycles. The van der Waals surface area contributed by atoms with Crippen LogP contribution in [0.15, 0.2) is 30.4 Å². The largest absolute Gasteiger partial charge is 0.326 e. The van der Waals surface area contributed by atoms with Crippen molar-refractivity contribution in [1.82, 2.24) is 0 Å². The van der Waals surface area contributed by atoms with Gasteiger partial charge in [-0.1, -0.05) is 23.8 Å². The van der Waals surface area contributed by atoms with Crippen LogP contribution in [-0.4, -0.2) is 5.91 Å². The molecule has 1 unspecified atom stereocenters. The fourth-order valence-corrected chi connectivity index (χ4v) is 2.26. The molecule has 0 spiro atoms. The van der Waals surface area contributed by atoms with Gasteiger partial charge < -0.3 is 5.32 Å². The first-order chi connectivity index (χ1) is 8.16. The molecule has 1 N–H and O–H groups in total. The van der Waals surface area contributed by atoms with Crippen LogP contribution < -0.4 is 5.32 Å². The maximum absolute atomic E-state index is 12.0. The second-order valence-electron chi connectivity index (χ2n) is 4.43. The van der Waals surface area contributed by atoms with E-state index in [1.165, 1.54) is 0 Å². The lowest BCUT2D eigenvalue weighted by Crippen LogP contribution is -2.23. The normalized spacial score (nSPS) is 19.1. The molecule has 1 aromatic carbocycles. The minimum Gasteiger partial charge on any atom is -0.326 e. The van der Waals surface area contributed by atoms with E-state index in [1.54, 1.807) is 6.07 Å². The summed E-state index contributed by atoms with van der Waals surface area (Å²) in [5, 5.41) is 3.67. The van der Waals surface area contributed by atoms with Gasteiger partial charge in [0.1, 0.15) is 0 Å². The van der Waals surface area contributed by atoms with E-state index >= 15 is 0 Å². The van der Waals surface area contributed by atoms with Crippen LogP contribution in [0.1, 0.15) is 24.8 Å². The first-order valence-corrected chi connectivity index (χ1v) is 6.26. The van der Waals surface area contributed by atoms with Gasteiger partial charge >= 0.3 is 0 Å². The third-order valence-corrected chi connectivity index (χ3v) is 3.32. The van der Waals surface area contributed by atoms with E-state index in [2.05, 4.69) is 17.5 Å². The van der Waals surface area contributed by atoms with Gasteiger partial charge in [-0.2, -0.15) is 0 Å². The second-order valence-corrected chi connectivity index (χ2v) is 4.87. The fraction of sp³-hybridized carbons (Fsp3) is 0.357. The third-order valence-electron chi connectivity index (χ3n) is 3.09. The van der Waals surface area contributed by atoms with Crippen LogP contribution in [0.4, 0.5) is 5.69 Å². The van der Waals surface area contributed by atoms with Crippen molar-refractivity contribution in [2.45, 2.75) is 26.2 Å². The number of aryl methyl sites for hydroxylation is 1. The number of amides is 1. The van der Waals surface area contributed by atoms with Crippen LogP contribution in [0.2, 0.25) is 5.02 Å². The average molecular weight is 250 g/mol. The maximum atomic E-state index is 12.0. The Hall–Kier alpha value is -1.28. The van der Waals surface area contributed by atoms with Gasteiger partial charge in [-0.05, 0) is 49.9 Å². The van der Waals surface area contributed by atoms with Gasteiger partial charge in [-0.3, -0.25) is 4.79 Å². The minimum absolute atomic E-state index is 0.107. The number of halogens is 1. The Labute approximate surface area is 107 Å². The summed E-state index contributed by atoms with van der Waals surface area (Å²) in [7, 11) is 0. The molecule has 0 radical (unpaired) electrons. The molecule has 1 amide bonds. The van der Waals surface area contributed by atoms with Crippen molar-refractivity contribution in [3.05, 3.63) is 40.9 Å². The van der Waals surface area contributed by atoms with E-state index in [1.807, 2.05) is 19.1 Å². The number of allylic oxidation sites excluding steroid dienone is 2. The van der Waals surface area contributed by atoms with Gasteiger partial charge in [0.15, 0.2) is 0 Å². The van der Waals surface area contributed by atoms with E-state index in [9.17, 15) is 4.79 Å². The number of hydrogen-bond acceptors (Lipinski definition) is 1. The van der Waals surface area contributed by atoms with Gasteiger partial charge in [0.05, 0.1) is 0 Å². The number of anilines is 1. The Morgan fingerprint density at radius 1 is 1.41 bits per heavy atom. The van der Waals surface area contributed by atoms with Crippen molar-refractivity contribution in [1.29, 1.82) is 0 Å². The van der Waals surface area contributed by atoms with Gasteiger partial charge in [-0.25, -0.2) is 0 Å². The number of carbonyl (C=O) groups excluding carboxylic acids is 1. The Kier molecular flexibility index (Phi) is 3.85. The Morgan fingerprint density at radius 2 is 2.24 bits per heavy atom. The highest BCUT2D eigenvalue weighted by Crippen LogP contribution is 2.23. The molecule has 1 aliphatic carbocycles. The molecule has 0 heterocycles. The molecule has 3 heteroatoms. The lowest BCUT2D eigenvalue weighted by molar-refractivity contribution is -0.120. The van der Waals surface area contributed by atoms with Crippen LogP contribution in [0, 0.1) is 12.8 Å². The van der Waals surface area contributed by atoms with Crippen molar-refractivity contribution >= 4 is 23.2 Å². The zero-order valence-electron chi connectivity index (χ0n) is 9.87. The molecule has 17 heavy (non-hydrogen) atoms. The van der Waals surface area contributed by atoms with Gasteiger partial charge in [0.2, 0.25) is 5.91 Å². The number of benzene rings is 1. The highest BCUT2D eigenvalue weighted by molar-refractivity contribution is 6.30. The van der Waals surface area contributed by atoms with E-state index in [0.717, 1.165) is 30.5 Å². The summed E-state index contributed by atoms with van der Waals surface area (Å²) in [4.78, 5) is 12.0. The molecule has 1 atom stereocenters. The lowest BCUT2D eigenvalue weighted by atomic mass is 9.93. The molecule has 1 aromatic rings. The molecule has 0 bridgehead atoms. The Morgan fingerprint density at radius 3 is 2.88 bits per heavy atom. The summed E-state index contributed by atoms with van der Waals surface area (Å²) in [6.07, 6.45) is 7.00. The fourth-order valence-electron chi connectivity index (χ4n) is 2.03. The number of hydrogen-bond donors (Lipinski definition) is 1. The summed E-state index contributed by atoms with van der Waals surface area (Å²) in [5.74, 6) is 0.217. The standard InChI is InChI=1S/C14H16ClNO/c1-10-9-12(15)7-8-13(10)16-14(17)11-5-3-2-4-6-11/h2-3,7-9,11H,4-6H2,1H3,(H,16,17). The molecule has 90 valence electrons. The average Bonchev–Trinajstić information content (AvgIpc) is 2.34. The van der Waals surface area contributed by atoms with Crippen LogP contribution >= 0.6 is 11.6 Å². The van der Waals surface area contributed by atoms with Gasteiger partial charge in [-0.15, -0.1) is 0 Å². The summed E-state index contributed by atoms with van der Waals surface area (Å²) >= 11 is 5.88. The molecule has 0 fully saturated rings. The van der Waals surface area contributed by atoms with Crippen molar-refractivity contribution in [2.24, 2.45) is 5.92 Å². The van der Waals surface area contributed by atoms with Crippen LogP contribution in [0.25, 0.3) is 0 Å². The lowest BCUT2D eigenvalue weighted by Gasteiger charge is -2.18. The third kappa shape index (κ3) is 3.10. The van der Waals surface area contributed by atoms with E-state index < -0.39 is 0 Å². The molecule has 0 saturated heterocycles. The second kappa shape index (κ2) is 5.37. The molecule has 0 aromatic heterocycles. The SMILES string of the molecule is Cc1cc(Cl)ccc1NC(=O)C1CC=CCC1. The van der Waals surface area contributed by atoms with Crippen LogP contribution in [0.3, 0.4) is 0 Å². The number of rotatable bonds is 2. The van der Waals surface area contributed by atoms with Gasteiger partial charge in [0, 0.05) is 16.6 Å². The predicted octanol–water partition coefficient (Wildman–Crippen LogP) is 3.94. The van der Waals surface area contributed by atoms with Crippen molar-refractivity contribution in [3.8, 4) is 0 Å². The number of nitrogens with one attached hydrogen (secondary N) is 1. The summed E-state index contributed by atoms with van der Waals surface area (Å²) < 4.78 is 0. The van der Waals surface area contributed by atoms with Crippen molar-refractivity contribution < 1.29 is 4.79 Å². The maximum Gasteiger partial charge on any atom is 0.227 e. The Balaban J connectivity index is 2.05. The van der Waals surface area contributed by atoms with Crippen LogP contribution in [-0.2, 0) is 4.79 Å². The van der Waals surface area contributed by atoms with E-state index in [4.69, 9.17) is 11.6 Å². The monoisotopic (exact) mass is 249 g/mol. The zero-order valence-corrected chi connectivity index (χ0v) is 10.6. The highest BCUT2D eigenvalue weighted by atomic mass is 35.5. The van der Waals surface area contributed by atoms with Crippen LogP contribution in [0.5, 0.6) is 0 Å². The van der Waals surface area contributed by atoms with Crippen molar-refractivity contribution in [3.63, 3.8) is 0 Å². The molecule has 1 aliphatic rings. The predicted molar refractivity (Wildman–Crippen MR) is 71.3 cm³/mol. The first kappa shape index (κ1) is 12.2. The summed E-state index contributed by atoms with van der Waals surface area (Å²) in [6.45, 7) is 1.95. The molecule has 0 saturated carbocycles. The van der Waals surface area contributed by atoms with Gasteiger partial charge in [0.25, 0.3) is 0 Å². The van der Waals surface area contributed by atoms with Crippen molar-refractivity contribution in [2.75, 3.05) is 5.32 Å². The Bertz CT molecular complexity index is 454. The quantitative estimate of drug-likeness (QED) is 0.791. The van der Waals surface area contributed by atoms with E-state index in [-0.39, 0.29) is 11.8 Å². The summed E-state index contributed by atoms with van der Waals surface area (Å²) in [6, 6.07) is 5.51. The molecule has 2 nitrogen and oxygen atoms in total. The highest BCUT2D eigenvalue weighted by Gasteiger charge is 2.19. The first-order valence-electron chi connectivity index (χ1n) is 5.89.